The smallest absolute Gasteiger partial charge is 0.141 e. The van der Waals surface area contributed by atoms with Gasteiger partial charge in [0.1, 0.15) is 12.2 Å². The van der Waals surface area contributed by atoms with Crippen molar-refractivity contribution in [2.24, 2.45) is 11.7 Å². The second kappa shape index (κ2) is 7.55. The van der Waals surface area contributed by atoms with E-state index in [1.165, 1.54) is 0 Å². The lowest BCUT2D eigenvalue weighted by atomic mass is 10.2. The summed E-state index contributed by atoms with van der Waals surface area (Å²) in [5, 5.41) is 4.29. The van der Waals surface area contributed by atoms with Crippen LogP contribution < -0.4 is 5.73 Å². The van der Waals surface area contributed by atoms with E-state index in [9.17, 15) is 0 Å². The molecule has 0 saturated carbocycles. The number of aromatic nitrogens is 3. The van der Waals surface area contributed by atoms with E-state index in [1.54, 1.807) is 6.33 Å². The molecule has 0 aliphatic carbocycles. The molecule has 1 aromatic heterocycles. The first kappa shape index (κ1) is 16.0. The minimum Gasteiger partial charge on any atom is -0.393 e. The maximum Gasteiger partial charge on any atom is 0.141 e. The summed E-state index contributed by atoms with van der Waals surface area (Å²) in [5.74, 6) is 1.56. The van der Waals surface area contributed by atoms with Crippen molar-refractivity contribution in [1.29, 1.82) is 0 Å². The van der Waals surface area contributed by atoms with Gasteiger partial charge in [-0.1, -0.05) is 26.1 Å². The molecular weight excluding hydrogens is 258 g/mol. The van der Waals surface area contributed by atoms with Crippen LogP contribution in [0.15, 0.2) is 6.33 Å². The van der Waals surface area contributed by atoms with Crippen molar-refractivity contribution >= 4 is 17.2 Å². The molecule has 1 aromatic rings. The Hall–Kier alpha value is -1.01. The van der Waals surface area contributed by atoms with Crippen molar-refractivity contribution in [1.82, 2.24) is 19.7 Å². The van der Waals surface area contributed by atoms with Gasteiger partial charge in [-0.05, 0) is 19.8 Å². The van der Waals surface area contributed by atoms with E-state index < -0.39 is 0 Å². The predicted molar refractivity (Wildman–Crippen MR) is 81.8 cm³/mol. The molecule has 0 atom stereocenters. The summed E-state index contributed by atoms with van der Waals surface area (Å²) in [7, 11) is 0. The summed E-state index contributed by atoms with van der Waals surface area (Å²) >= 11 is 4.95. The van der Waals surface area contributed by atoms with Gasteiger partial charge in [0.25, 0.3) is 0 Å². The van der Waals surface area contributed by atoms with E-state index in [1.807, 2.05) is 4.68 Å². The van der Waals surface area contributed by atoms with Crippen LogP contribution in [0.25, 0.3) is 0 Å². The molecule has 108 valence electrons. The summed E-state index contributed by atoms with van der Waals surface area (Å²) in [4.78, 5) is 7.25. The molecule has 0 fully saturated rings. The van der Waals surface area contributed by atoms with Crippen LogP contribution >= 0.6 is 12.2 Å². The average Bonchev–Trinajstić information content (AvgIpc) is 2.70. The number of hydrogen-bond donors (Lipinski definition) is 1. The zero-order chi connectivity index (χ0) is 14.4. The van der Waals surface area contributed by atoms with Crippen molar-refractivity contribution in [2.75, 3.05) is 6.54 Å². The molecule has 5 nitrogen and oxygen atoms in total. The molecule has 1 rings (SSSR count). The van der Waals surface area contributed by atoms with Gasteiger partial charge in [-0.2, -0.15) is 5.10 Å². The Morgan fingerprint density at radius 2 is 2.11 bits per heavy atom. The minimum atomic E-state index is 0.429. The first-order valence-corrected chi connectivity index (χ1v) is 7.20. The quantitative estimate of drug-likeness (QED) is 0.737. The zero-order valence-electron chi connectivity index (χ0n) is 12.3. The Bertz CT molecular complexity index is 399. The van der Waals surface area contributed by atoms with Gasteiger partial charge in [0, 0.05) is 25.6 Å². The molecule has 0 aromatic carbocycles. The predicted octanol–water partition coefficient (Wildman–Crippen LogP) is 1.82. The van der Waals surface area contributed by atoms with Gasteiger partial charge in [0.15, 0.2) is 0 Å². The largest absolute Gasteiger partial charge is 0.393 e. The van der Waals surface area contributed by atoms with Gasteiger partial charge in [-0.3, -0.25) is 4.90 Å². The molecule has 0 aliphatic rings. The second-order valence-electron chi connectivity index (χ2n) is 5.53. The van der Waals surface area contributed by atoms with Gasteiger partial charge >= 0.3 is 0 Å². The van der Waals surface area contributed by atoms with E-state index in [0.29, 0.717) is 16.9 Å². The van der Waals surface area contributed by atoms with Crippen LogP contribution in [0.4, 0.5) is 0 Å². The van der Waals surface area contributed by atoms with Crippen LogP contribution in [0, 0.1) is 5.92 Å². The van der Waals surface area contributed by atoms with Crippen molar-refractivity contribution in [3.8, 4) is 0 Å². The SMILES string of the molecule is CC(C)Cn1ncnc1CN(CCC(N)=S)C(C)C. The number of nitrogens with two attached hydrogens (primary N) is 1. The number of hydrogen-bond acceptors (Lipinski definition) is 4. The lowest BCUT2D eigenvalue weighted by Gasteiger charge is -2.26. The van der Waals surface area contributed by atoms with Crippen LogP contribution in [-0.2, 0) is 13.1 Å². The van der Waals surface area contributed by atoms with E-state index in [4.69, 9.17) is 18.0 Å². The van der Waals surface area contributed by atoms with Crippen LogP contribution in [0.2, 0.25) is 0 Å². The molecule has 0 spiro atoms. The molecule has 19 heavy (non-hydrogen) atoms. The second-order valence-corrected chi connectivity index (χ2v) is 6.06. The van der Waals surface area contributed by atoms with Gasteiger partial charge in [0.2, 0.25) is 0 Å². The van der Waals surface area contributed by atoms with Crippen molar-refractivity contribution in [2.45, 2.75) is 53.2 Å². The Labute approximate surface area is 121 Å². The fraction of sp³-hybridized carbons (Fsp3) is 0.769. The van der Waals surface area contributed by atoms with Gasteiger partial charge in [-0.25, -0.2) is 9.67 Å². The molecule has 1 heterocycles. The van der Waals surface area contributed by atoms with E-state index in [-0.39, 0.29) is 0 Å². The summed E-state index contributed by atoms with van der Waals surface area (Å²) in [5.41, 5.74) is 5.58. The Morgan fingerprint density at radius 3 is 2.63 bits per heavy atom. The van der Waals surface area contributed by atoms with Gasteiger partial charge < -0.3 is 5.73 Å². The van der Waals surface area contributed by atoms with E-state index >= 15 is 0 Å². The van der Waals surface area contributed by atoms with Gasteiger partial charge in [0.05, 0.1) is 11.5 Å². The van der Waals surface area contributed by atoms with E-state index in [0.717, 1.165) is 31.9 Å². The van der Waals surface area contributed by atoms with Crippen molar-refractivity contribution in [3.63, 3.8) is 0 Å². The first-order chi connectivity index (χ1) is 8.90. The number of thiocarbonyl (C=S) groups is 1. The Morgan fingerprint density at radius 1 is 1.42 bits per heavy atom. The number of rotatable bonds is 8. The third-order valence-electron chi connectivity index (χ3n) is 2.95. The van der Waals surface area contributed by atoms with E-state index in [2.05, 4.69) is 42.7 Å². The molecule has 6 heteroatoms. The maximum absolute atomic E-state index is 5.58. The third-order valence-corrected chi connectivity index (χ3v) is 3.16. The molecule has 0 amide bonds. The Kier molecular flexibility index (Phi) is 6.37. The highest BCUT2D eigenvalue weighted by Crippen LogP contribution is 2.08. The molecule has 0 radical (unpaired) electrons. The Balaban J connectivity index is 2.68. The molecule has 0 bridgehead atoms. The summed E-state index contributed by atoms with van der Waals surface area (Å²) in [6.07, 6.45) is 2.37. The third kappa shape index (κ3) is 5.65. The topological polar surface area (TPSA) is 60.0 Å². The zero-order valence-corrected chi connectivity index (χ0v) is 13.2. The van der Waals surface area contributed by atoms with Crippen molar-refractivity contribution in [3.05, 3.63) is 12.2 Å². The molecule has 2 N–H and O–H groups in total. The summed E-state index contributed by atoms with van der Waals surface area (Å²) in [6, 6.07) is 0.429. The fourth-order valence-corrected chi connectivity index (χ4v) is 1.96. The lowest BCUT2D eigenvalue weighted by molar-refractivity contribution is 0.208. The van der Waals surface area contributed by atoms with Crippen LogP contribution in [-0.4, -0.2) is 37.2 Å². The molecule has 0 unspecified atom stereocenters. The highest BCUT2D eigenvalue weighted by Gasteiger charge is 2.14. The maximum atomic E-state index is 5.58. The standard InChI is InChI=1S/C13H25N5S/c1-10(2)7-18-13(15-9-16-18)8-17(11(3)4)6-5-12(14)19/h9-11H,5-8H2,1-4H3,(H2,14,19). The molecular formula is C13H25N5S. The van der Waals surface area contributed by atoms with Crippen LogP contribution in [0.3, 0.4) is 0 Å². The average molecular weight is 283 g/mol. The highest BCUT2D eigenvalue weighted by molar-refractivity contribution is 7.80. The fourth-order valence-electron chi connectivity index (χ4n) is 1.86. The molecule has 0 aliphatic heterocycles. The van der Waals surface area contributed by atoms with Crippen LogP contribution in [0.5, 0.6) is 0 Å². The van der Waals surface area contributed by atoms with Crippen molar-refractivity contribution < 1.29 is 0 Å². The normalized spacial score (nSPS) is 11.7. The first-order valence-electron chi connectivity index (χ1n) is 6.79. The van der Waals surface area contributed by atoms with Crippen LogP contribution in [0.1, 0.15) is 39.9 Å². The monoisotopic (exact) mass is 283 g/mol. The molecule has 0 saturated heterocycles. The highest BCUT2D eigenvalue weighted by atomic mass is 32.1. The summed E-state index contributed by atoms with van der Waals surface area (Å²) in [6.45, 7) is 11.2. The lowest BCUT2D eigenvalue weighted by Crippen LogP contribution is -2.34. The number of nitrogens with zero attached hydrogens (tertiary/aromatic N) is 4. The minimum absolute atomic E-state index is 0.429. The van der Waals surface area contributed by atoms with Gasteiger partial charge in [-0.15, -0.1) is 0 Å². The summed E-state index contributed by atoms with van der Waals surface area (Å²) < 4.78 is 1.99.